The maximum atomic E-state index is 11.5. The van der Waals surface area contributed by atoms with E-state index >= 15 is 0 Å². The summed E-state index contributed by atoms with van der Waals surface area (Å²) in [4.78, 5) is 22.9. The van der Waals surface area contributed by atoms with Crippen LogP contribution in [0, 0.1) is 16.0 Å². The van der Waals surface area contributed by atoms with E-state index in [0.717, 1.165) is 11.3 Å². The molecule has 1 aromatic carbocycles. The Bertz CT molecular complexity index is 675. The van der Waals surface area contributed by atoms with Gasteiger partial charge in [-0.3, -0.25) is 10.1 Å². The highest BCUT2D eigenvalue weighted by molar-refractivity contribution is 7.21. The van der Waals surface area contributed by atoms with Crippen LogP contribution in [0.1, 0.15) is 29.1 Å². The topological polar surface area (TPSA) is 69.4 Å². The summed E-state index contributed by atoms with van der Waals surface area (Å²) in [6, 6.07) is 5.23. The summed E-state index contributed by atoms with van der Waals surface area (Å²) >= 11 is 1.11. The van der Waals surface area contributed by atoms with Crippen LogP contribution in [0.2, 0.25) is 0 Å². The average molecular weight is 293 g/mol. The van der Waals surface area contributed by atoms with Gasteiger partial charge in [0.05, 0.1) is 12.0 Å². The molecule has 0 fully saturated rings. The van der Waals surface area contributed by atoms with E-state index in [9.17, 15) is 14.9 Å². The molecule has 0 N–H and O–H groups in total. The van der Waals surface area contributed by atoms with Gasteiger partial charge in [-0.25, -0.2) is 4.79 Å². The highest BCUT2D eigenvalue weighted by Gasteiger charge is 2.22. The Kier molecular flexibility index (Phi) is 4.04. The molecule has 0 saturated heterocycles. The molecule has 0 unspecified atom stereocenters. The largest absolute Gasteiger partial charge is 0.465 e. The van der Waals surface area contributed by atoms with E-state index in [0.29, 0.717) is 32.9 Å². The Balaban J connectivity index is 2.64. The van der Waals surface area contributed by atoms with Gasteiger partial charge in [0, 0.05) is 10.9 Å². The first-order valence-corrected chi connectivity index (χ1v) is 7.03. The van der Waals surface area contributed by atoms with Gasteiger partial charge in [-0.1, -0.05) is 26.0 Å². The van der Waals surface area contributed by atoms with Crippen molar-refractivity contribution < 1.29 is 14.5 Å². The summed E-state index contributed by atoms with van der Waals surface area (Å²) in [6.45, 7) is 4.03. The van der Waals surface area contributed by atoms with Crippen LogP contribution in [0.25, 0.3) is 10.1 Å². The number of nitro benzene ring substituents is 1. The summed E-state index contributed by atoms with van der Waals surface area (Å²) in [5.41, 5.74) is 0.812. The summed E-state index contributed by atoms with van der Waals surface area (Å²) in [5, 5.41) is 12.1. The molecule has 6 heteroatoms. The number of hydrogen-bond acceptors (Lipinski definition) is 5. The van der Waals surface area contributed by atoms with Crippen LogP contribution >= 0.6 is 11.3 Å². The molecule has 106 valence electrons. The third-order valence-corrected chi connectivity index (χ3v) is 4.08. The van der Waals surface area contributed by atoms with Crippen molar-refractivity contribution >= 4 is 33.1 Å². The molecule has 20 heavy (non-hydrogen) atoms. The van der Waals surface area contributed by atoms with Gasteiger partial charge in [-0.05, 0) is 18.4 Å². The number of fused-ring (bicyclic) bond motifs is 1. The molecule has 5 nitrogen and oxygen atoms in total. The second-order valence-electron chi connectivity index (χ2n) is 4.95. The Morgan fingerprint density at radius 3 is 2.70 bits per heavy atom. The summed E-state index contributed by atoms with van der Waals surface area (Å²) in [5.74, 6) is -0.142. The molecule has 0 saturated carbocycles. The van der Waals surface area contributed by atoms with Crippen molar-refractivity contribution in [1.82, 2.24) is 0 Å². The molecule has 0 radical (unpaired) electrons. The quantitative estimate of drug-likeness (QED) is 0.488. The number of nitro groups is 1. The van der Waals surface area contributed by atoms with Crippen LogP contribution in [0.5, 0.6) is 0 Å². The molecule has 1 aromatic heterocycles. The van der Waals surface area contributed by atoms with Crippen molar-refractivity contribution in [2.24, 2.45) is 5.92 Å². The van der Waals surface area contributed by atoms with Crippen molar-refractivity contribution in [2.45, 2.75) is 20.3 Å². The van der Waals surface area contributed by atoms with Crippen LogP contribution < -0.4 is 0 Å². The fourth-order valence-electron chi connectivity index (χ4n) is 2.14. The van der Waals surface area contributed by atoms with Crippen molar-refractivity contribution in [2.75, 3.05) is 7.11 Å². The highest BCUT2D eigenvalue weighted by atomic mass is 32.1. The number of benzene rings is 1. The third kappa shape index (κ3) is 2.65. The predicted octanol–water partition coefficient (Wildman–Crippen LogP) is 3.79. The number of ether oxygens (including phenoxy) is 1. The smallest absolute Gasteiger partial charge is 0.348 e. The first-order chi connectivity index (χ1) is 9.43. The zero-order valence-electron chi connectivity index (χ0n) is 11.5. The number of nitrogens with zero attached hydrogens (tertiary/aromatic N) is 1. The van der Waals surface area contributed by atoms with Crippen molar-refractivity contribution in [3.05, 3.63) is 38.8 Å². The Hall–Kier alpha value is -1.95. The lowest BCUT2D eigenvalue weighted by Crippen LogP contribution is -1.99. The van der Waals surface area contributed by atoms with Crippen molar-refractivity contribution in [1.29, 1.82) is 0 Å². The van der Waals surface area contributed by atoms with E-state index in [4.69, 9.17) is 0 Å². The number of hydrogen-bond donors (Lipinski definition) is 0. The lowest BCUT2D eigenvalue weighted by Gasteiger charge is -2.06. The fraction of sp³-hybridized carbons (Fsp3) is 0.357. The predicted molar refractivity (Wildman–Crippen MR) is 78.4 cm³/mol. The Morgan fingerprint density at radius 1 is 1.45 bits per heavy atom. The summed E-state index contributed by atoms with van der Waals surface area (Å²) in [7, 11) is 1.30. The molecule has 0 bridgehead atoms. The number of carbonyl (C=O) groups excluding carboxylic acids is 1. The molecule has 1 heterocycles. The van der Waals surface area contributed by atoms with Gasteiger partial charge in [0.1, 0.15) is 9.58 Å². The minimum absolute atomic E-state index is 0.108. The van der Waals surface area contributed by atoms with E-state index in [2.05, 4.69) is 4.74 Å². The van der Waals surface area contributed by atoms with Crippen LogP contribution in [-0.4, -0.2) is 18.0 Å². The first-order valence-electron chi connectivity index (χ1n) is 6.22. The van der Waals surface area contributed by atoms with E-state index < -0.39 is 5.97 Å². The number of rotatable bonds is 4. The van der Waals surface area contributed by atoms with Gasteiger partial charge in [-0.15, -0.1) is 11.3 Å². The van der Waals surface area contributed by atoms with Crippen LogP contribution in [-0.2, 0) is 11.2 Å². The molecular formula is C14H15NO4S. The average Bonchev–Trinajstić information content (AvgIpc) is 2.80. The SMILES string of the molecule is COC(=O)c1cc2ccc(CC(C)C)c([N+](=O)[O-])c2s1. The van der Waals surface area contributed by atoms with E-state index in [1.54, 1.807) is 12.1 Å². The summed E-state index contributed by atoms with van der Waals surface area (Å²) < 4.78 is 5.20. The van der Waals surface area contributed by atoms with Gasteiger partial charge in [-0.2, -0.15) is 0 Å². The van der Waals surface area contributed by atoms with E-state index in [-0.39, 0.29) is 10.6 Å². The van der Waals surface area contributed by atoms with Crippen molar-refractivity contribution in [3.8, 4) is 0 Å². The van der Waals surface area contributed by atoms with Crippen LogP contribution in [0.15, 0.2) is 18.2 Å². The normalized spacial score (nSPS) is 11.0. The van der Waals surface area contributed by atoms with Gasteiger partial charge in [0.15, 0.2) is 0 Å². The third-order valence-electron chi connectivity index (χ3n) is 2.94. The lowest BCUT2D eigenvalue weighted by molar-refractivity contribution is -0.383. The molecule has 0 atom stereocenters. The fourth-order valence-corrected chi connectivity index (χ4v) is 3.25. The maximum Gasteiger partial charge on any atom is 0.348 e. The van der Waals surface area contributed by atoms with Crippen LogP contribution in [0.3, 0.4) is 0 Å². The molecule has 2 aromatic rings. The molecule has 0 aliphatic carbocycles. The minimum Gasteiger partial charge on any atom is -0.465 e. The number of thiophene rings is 1. The molecule has 0 aliphatic rings. The number of esters is 1. The Morgan fingerprint density at radius 2 is 2.15 bits per heavy atom. The molecular weight excluding hydrogens is 278 g/mol. The first kappa shape index (κ1) is 14.5. The molecule has 0 spiro atoms. The maximum absolute atomic E-state index is 11.5. The van der Waals surface area contributed by atoms with Crippen molar-refractivity contribution in [3.63, 3.8) is 0 Å². The van der Waals surface area contributed by atoms with Gasteiger partial charge >= 0.3 is 5.97 Å². The second-order valence-corrected chi connectivity index (χ2v) is 6.00. The molecule has 0 aliphatic heterocycles. The van der Waals surface area contributed by atoms with Gasteiger partial charge in [0.2, 0.25) is 0 Å². The summed E-state index contributed by atoms with van der Waals surface area (Å²) in [6.07, 6.45) is 0.637. The minimum atomic E-state index is -0.467. The van der Waals surface area contributed by atoms with E-state index in [1.165, 1.54) is 7.11 Å². The Labute approximate surface area is 120 Å². The second kappa shape index (κ2) is 5.58. The number of carbonyl (C=O) groups is 1. The van der Waals surface area contributed by atoms with Crippen LogP contribution in [0.4, 0.5) is 5.69 Å². The van der Waals surface area contributed by atoms with Gasteiger partial charge < -0.3 is 4.74 Å². The molecule has 2 rings (SSSR count). The lowest BCUT2D eigenvalue weighted by atomic mass is 10.0. The zero-order chi connectivity index (χ0) is 14.9. The monoisotopic (exact) mass is 293 g/mol. The number of methoxy groups -OCH3 is 1. The highest BCUT2D eigenvalue weighted by Crippen LogP contribution is 2.37. The molecule has 0 amide bonds. The zero-order valence-corrected chi connectivity index (χ0v) is 12.3. The standard InChI is InChI=1S/C14H15NO4S/c1-8(2)6-9-4-5-10-7-11(14(16)19-3)20-13(10)12(9)15(17)18/h4-5,7-8H,6H2,1-3H3. The van der Waals surface area contributed by atoms with Gasteiger partial charge in [0.25, 0.3) is 5.69 Å². The van der Waals surface area contributed by atoms with E-state index in [1.807, 2.05) is 19.9 Å².